The number of carbonyl (C=O) groups is 2. The van der Waals surface area contributed by atoms with Crippen molar-refractivity contribution in [1.82, 2.24) is 0 Å². The van der Waals surface area contributed by atoms with Crippen molar-refractivity contribution in [2.75, 3.05) is 5.32 Å². The summed E-state index contributed by atoms with van der Waals surface area (Å²) in [5, 5.41) is 11.3. The van der Waals surface area contributed by atoms with Gasteiger partial charge in [-0.15, -0.1) is 11.8 Å². The molecule has 1 amide bonds. The number of hydrogen-bond donors (Lipinski definition) is 3. The van der Waals surface area contributed by atoms with Crippen LogP contribution in [0.3, 0.4) is 0 Å². The van der Waals surface area contributed by atoms with Crippen LogP contribution in [0.2, 0.25) is 0 Å². The molecule has 20 heavy (non-hydrogen) atoms. The van der Waals surface area contributed by atoms with Gasteiger partial charge in [-0.3, -0.25) is 9.59 Å². The third-order valence-electron chi connectivity index (χ3n) is 2.91. The van der Waals surface area contributed by atoms with Gasteiger partial charge in [0.15, 0.2) is 0 Å². The molecule has 5 nitrogen and oxygen atoms in total. The molecule has 0 radical (unpaired) electrons. The van der Waals surface area contributed by atoms with E-state index < -0.39 is 22.0 Å². The van der Waals surface area contributed by atoms with E-state index in [-0.39, 0.29) is 5.91 Å². The number of carboxylic acids is 1. The number of amides is 1. The minimum Gasteiger partial charge on any atom is -0.480 e. The fourth-order valence-corrected chi connectivity index (χ4v) is 2.97. The monoisotopic (exact) mass is 296 g/mol. The molecule has 1 aromatic carbocycles. The highest BCUT2D eigenvalue weighted by atomic mass is 32.2. The molecule has 0 aromatic heterocycles. The van der Waals surface area contributed by atoms with Crippen molar-refractivity contribution in [3.8, 4) is 0 Å². The molecule has 0 aliphatic heterocycles. The van der Waals surface area contributed by atoms with E-state index in [1.165, 1.54) is 11.8 Å². The molecule has 1 aromatic rings. The molecule has 0 saturated carbocycles. The zero-order valence-corrected chi connectivity index (χ0v) is 12.6. The Hall–Kier alpha value is -1.53. The molecule has 1 rings (SSSR count). The highest BCUT2D eigenvalue weighted by Crippen LogP contribution is 2.31. The zero-order valence-electron chi connectivity index (χ0n) is 11.8. The molecule has 0 aliphatic carbocycles. The molecule has 110 valence electrons. The van der Waals surface area contributed by atoms with Crippen molar-refractivity contribution in [3.63, 3.8) is 0 Å². The molecule has 0 fully saturated rings. The molecule has 1 unspecified atom stereocenters. The first-order valence-electron chi connectivity index (χ1n) is 6.26. The second-order valence-corrected chi connectivity index (χ2v) is 7.03. The summed E-state index contributed by atoms with van der Waals surface area (Å²) in [6.45, 7) is 5.19. The average molecular weight is 296 g/mol. The summed E-state index contributed by atoms with van der Waals surface area (Å²) in [6.07, 6.45) is 0. The number of carboxylic acid groups (broad SMARTS) is 1. The number of benzene rings is 1. The predicted octanol–water partition coefficient (Wildman–Crippen LogP) is 1.94. The van der Waals surface area contributed by atoms with Gasteiger partial charge in [0.2, 0.25) is 5.91 Å². The lowest BCUT2D eigenvalue weighted by atomic mass is 10.1. The third-order valence-corrected chi connectivity index (χ3v) is 4.34. The van der Waals surface area contributed by atoms with Gasteiger partial charge < -0.3 is 16.2 Å². The summed E-state index contributed by atoms with van der Waals surface area (Å²) in [6, 6.07) is 8.09. The highest BCUT2D eigenvalue weighted by molar-refractivity contribution is 8.02. The number of nitrogens with one attached hydrogen (secondary N) is 1. The van der Waals surface area contributed by atoms with E-state index in [2.05, 4.69) is 5.32 Å². The average Bonchev–Trinajstić information content (AvgIpc) is 2.38. The Morgan fingerprint density at radius 1 is 1.30 bits per heavy atom. The summed E-state index contributed by atoms with van der Waals surface area (Å²) in [5.41, 5.74) is 6.36. The quantitative estimate of drug-likeness (QED) is 0.746. The first-order chi connectivity index (χ1) is 9.24. The normalized spacial score (nSPS) is 14.4. The number of nitrogens with two attached hydrogens (primary N) is 1. The Labute approximate surface area is 122 Å². The van der Waals surface area contributed by atoms with Crippen LogP contribution in [0, 0.1) is 0 Å². The van der Waals surface area contributed by atoms with Crippen LogP contribution in [0.5, 0.6) is 0 Å². The lowest BCUT2D eigenvalue weighted by Crippen LogP contribution is -2.48. The summed E-state index contributed by atoms with van der Waals surface area (Å²) in [7, 11) is 0. The van der Waals surface area contributed by atoms with Crippen molar-refractivity contribution in [1.29, 1.82) is 0 Å². The number of thioether (sulfide) groups is 1. The van der Waals surface area contributed by atoms with Gasteiger partial charge in [0.25, 0.3) is 0 Å². The van der Waals surface area contributed by atoms with Crippen molar-refractivity contribution in [2.24, 2.45) is 5.73 Å². The van der Waals surface area contributed by atoms with E-state index in [4.69, 9.17) is 10.8 Å². The number of anilines is 1. The van der Waals surface area contributed by atoms with Gasteiger partial charge in [0.1, 0.15) is 6.04 Å². The Morgan fingerprint density at radius 2 is 1.85 bits per heavy atom. The summed E-state index contributed by atoms with van der Waals surface area (Å²) >= 11 is 1.25. The third kappa shape index (κ3) is 4.54. The fourth-order valence-electron chi connectivity index (χ4n) is 1.65. The molecule has 6 heteroatoms. The largest absolute Gasteiger partial charge is 0.480 e. The molecule has 0 saturated heterocycles. The Kier molecular flexibility index (Phi) is 5.59. The standard InChI is InChI=1S/C14H20N2O3S/c1-9(20-14(2,3)11(15)13(18)19)12(17)16-10-7-5-4-6-8-10/h4-9,11H,15H2,1-3H3,(H,16,17)(H,18,19)/t9?,11-/m0/s1. The van der Waals surface area contributed by atoms with Crippen molar-refractivity contribution < 1.29 is 14.7 Å². The summed E-state index contributed by atoms with van der Waals surface area (Å²) in [5.74, 6) is -1.25. The van der Waals surface area contributed by atoms with Crippen LogP contribution in [0.4, 0.5) is 5.69 Å². The van der Waals surface area contributed by atoms with E-state index in [0.29, 0.717) is 5.69 Å². The maximum atomic E-state index is 12.1. The second-order valence-electron chi connectivity index (χ2n) is 5.03. The fraction of sp³-hybridized carbons (Fsp3) is 0.429. The lowest BCUT2D eigenvalue weighted by Gasteiger charge is -2.30. The van der Waals surface area contributed by atoms with Crippen molar-refractivity contribution in [3.05, 3.63) is 30.3 Å². The van der Waals surface area contributed by atoms with E-state index >= 15 is 0 Å². The van der Waals surface area contributed by atoms with Gasteiger partial charge in [0.05, 0.1) is 5.25 Å². The minimum absolute atomic E-state index is 0.174. The van der Waals surface area contributed by atoms with Gasteiger partial charge >= 0.3 is 5.97 Å². The van der Waals surface area contributed by atoms with Gasteiger partial charge in [-0.2, -0.15) is 0 Å². The second kappa shape index (κ2) is 6.76. The molecular weight excluding hydrogens is 276 g/mol. The minimum atomic E-state index is -1.07. The Morgan fingerprint density at radius 3 is 2.35 bits per heavy atom. The predicted molar refractivity (Wildman–Crippen MR) is 81.8 cm³/mol. The first-order valence-corrected chi connectivity index (χ1v) is 7.14. The van der Waals surface area contributed by atoms with Crippen LogP contribution in [0.1, 0.15) is 20.8 Å². The van der Waals surface area contributed by atoms with Crippen LogP contribution >= 0.6 is 11.8 Å². The van der Waals surface area contributed by atoms with Crippen LogP contribution < -0.4 is 11.1 Å². The van der Waals surface area contributed by atoms with E-state index in [0.717, 1.165) is 0 Å². The summed E-state index contributed by atoms with van der Waals surface area (Å²) in [4.78, 5) is 23.0. The van der Waals surface area contributed by atoms with Gasteiger partial charge in [0, 0.05) is 10.4 Å². The number of hydrogen-bond acceptors (Lipinski definition) is 4. The molecular formula is C14H20N2O3S. The number of aliphatic carboxylic acids is 1. The maximum Gasteiger partial charge on any atom is 0.321 e. The molecule has 0 aliphatic rings. The Bertz CT molecular complexity index is 477. The van der Waals surface area contributed by atoms with Crippen molar-refractivity contribution >= 4 is 29.3 Å². The van der Waals surface area contributed by atoms with E-state index in [1.807, 2.05) is 18.2 Å². The maximum absolute atomic E-state index is 12.1. The van der Waals surface area contributed by atoms with Crippen LogP contribution in [-0.4, -0.2) is 33.0 Å². The SMILES string of the molecule is CC(SC(C)(C)[C@@H](N)C(=O)O)C(=O)Nc1ccccc1. The van der Waals surface area contributed by atoms with Gasteiger partial charge in [-0.05, 0) is 32.9 Å². The zero-order chi connectivity index (χ0) is 15.3. The molecule has 4 N–H and O–H groups in total. The van der Waals surface area contributed by atoms with E-state index in [1.54, 1.807) is 32.9 Å². The van der Waals surface area contributed by atoms with E-state index in [9.17, 15) is 9.59 Å². The lowest BCUT2D eigenvalue weighted by molar-refractivity contribution is -0.139. The van der Waals surface area contributed by atoms with Crippen LogP contribution in [0.25, 0.3) is 0 Å². The highest BCUT2D eigenvalue weighted by Gasteiger charge is 2.35. The summed E-state index contributed by atoms with van der Waals surface area (Å²) < 4.78 is -0.737. The molecule has 0 heterocycles. The van der Waals surface area contributed by atoms with Crippen molar-refractivity contribution in [2.45, 2.75) is 36.8 Å². The van der Waals surface area contributed by atoms with Crippen LogP contribution in [-0.2, 0) is 9.59 Å². The molecule has 2 atom stereocenters. The topological polar surface area (TPSA) is 92.4 Å². The Balaban J connectivity index is 2.64. The molecule has 0 bridgehead atoms. The number of carbonyl (C=O) groups excluding carboxylic acids is 1. The first kappa shape index (κ1) is 16.5. The van der Waals surface area contributed by atoms with Gasteiger partial charge in [-0.1, -0.05) is 18.2 Å². The van der Waals surface area contributed by atoms with Gasteiger partial charge in [-0.25, -0.2) is 0 Å². The smallest absolute Gasteiger partial charge is 0.321 e. The number of rotatable bonds is 6. The molecule has 0 spiro atoms. The number of para-hydroxylation sites is 1. The van der Waals surface area contributed by atoms with Crippen LogP contribution in [0.15, 0.2) is 30.3 Å².